The Morgan fingerprint density at radius 1 is 1.26 bits per heavy atom. The summed E-state index contributed by atoms with van der Waals surface area (Å²) in [4.78, 5) is 32.2. The third-order valence-electron chi connectivity index (χ3n) is 3.83. The number of carbonyl (C=O) groups is 1. The highest BCUT2D eigenvalue weighted by molar-refractivity contribution is 9.10. The maximum absolute atomic E-state index is 12.4. The number of carbonyl (C=O) groups excluding carboxylic acids is 1. The van der Waals surface area contributed by atoms with Crippen molar-refractivity contribution in [2.75, 3.05) is 6.54 Å². The van der Waals surface area contributed by atoms with Crippen molar-refractivity contribution in [1.82, 2.24) is 24.4 Å². The summed E-state index contributed by atoms with van der Waals surface area (Å²) < 4.78 is 8.65. The summed E-state index contributed by atoms with van der Waals surface area (Å²) in [6.07, 6.45) is 2.67. The number of ether oxygens (including phenoxy) is 1. The molecule has 2 aromatic heterocycles. The van der Waals surface area contributed by atoms with Gasteiger partial charge in [-0.25, -0.2) is 14.8 Å². The normalized spacial score (nSPS) is 10.7. The first-order valence-electron chi connectivity index (χ1n) is 8.08. The van der Waals surface area contributed by atoms with Gasteiger partial charge in [0.05, 0.1) is 6.33 Å². The Morgan fingerprint density at radius 2 is 1.96 bits per heavy atom. The molecule has 0 aliphatic heterocycles. The van der Waals surface area contributed by atoms with Crippen LogP contribution in [0.4, 0.5) is 4.79 Å². The van der Waals surface area contributed by atoms with Crippen molar-refractivity contribution in [1.29, 1.82) is 5.41 Å². The Labute approximate surface area is 162 Å². The number of hydrogen-bond acceptors (Lipinski definition) is 6. The second-order valence-electron chi connectivity index (χ2n) is 5.82. The molecule has 2 N–H and O–H groups in total. The molecule has 3 aromatic rings. The number of aromatic nitrogens is 4. The zero-order valence-electron chi connectivity index (χ0n) is 14.5. The number of aryl methyl sites for hydroxylation is 1. The molecular formula is C17H17BrN6O3. The molecule has 0 aliphatic rings. The van der Waals surface area contributed by atoms with E-state index in [1.54, 1.807) is 11.6 Å². The fourth-order valence-corrected chi connectivity index (χ4v) is 2.74. The maximum atomic E-state index is 12.4. The van der Waals surface area contributed by atoms with Gasteiger partial charge in [-0.1, -0.05) is 28.1 Å². The molecule has 0 atom stereocenters. The Kier molecular flexibility index (Phi) is 5.65. The third-order valence-corrected chi connectivity index (χ3v) is 4.36. The maximum Gasteiger partial charge on any atom is 0.413 e. The van der Waals surface area contributed by atoms with Crippen molar-refractivity contribution < 1.29 is 9.53 Å². The summed E-state index contributed by atoms with van der Waals surface area (Å²) in [5.41, 5.74) is 1.36. The van der Waals surface area contributed by atoms with Gasteiger partial charge in [0.1, 0.15) is 12.9 Å². The average Bonchev–Trinajstić information content (AvgIpc) is 3.01. The van der Waals surface area contributed by atoms with Crippen LogP contribution in [0.1, 0.15) is 5.56 Å². The predicted octanol–water partition coefficient (Wildman–Crippen LogP) is 1.84. The molecule has 1 aromatic carbocycles. The number of rotatable bonds is 5. The molecule has 10 heteroatoms. The van der Waals surface area contributed by atoms with Crippen LogP contribution in [0.3, 0.4) is 0 Å². The minimum Gasteiger partial charge on any atom is -0.394 e. The Morgan fingerprint density at radius 3 is 2.70 bits per heavy atom. The molecule has 9 nitrogen and oxygen atoms in total. The van der Waals surface area contributed by atoms with Gasteiger partial charge < -0.3 is 14.6 Å². The molecule has 27 heavy (non-hydrogen) atoms. The van der Waals surface area contributed by atoms with Crippen molar-refractivity contribution in [3.05, 3.63) is 57.3 Å². The van der Waals surface area contributed by atoms with Crippen LogP contribution in [0.25, 0.3) is 11.2 Å². The van der Waals surface area contributed by atoms with Gasteiger partial charge in [-0.2, -0.15) is 0 Å². The number of fused-ring (bicyclic) bond motifs is 1. The monoisotopic (exact) mass is 432 g/mol. The molecule has 0 bridgehead atoms. The van der Waals surface area contributed by atoms with E-state index in [9.17, 15) is 9.59 Å². The number of hydrogen-bond donors (Lipinski definition) is 2. The SMILES string of the molecule is Cn1cnc2ncn(CC(=N)OC(=O)NCCc3ccc(Br)cc3)c(=O)c21. The number of imidazole rings is 1. The van der Waals surface area contributed by atoms with Gasteiger partial charge in [-0.05, 0) is 24.1 Å². The van der Waals surface area contributed by atoms with E-state index >= 15 is 0 Å². The zero-order chi connectivity index (χ0) is 19.4. The highest BCUT2D eigenvalue weighted by atomic mass is 79.9. The van der Waals surface area contributed by atoms with Gasteiger partial charge in [-0.3, -0.25) is 14.8 Å². The minimum atomic E-state index is -0.736. The molecule has 0 saturated carbocycles. The van der Waals surface area contributed by atoms with E-state index in [1.165, 1.54) is 17.2 Å². The summed E-state index contributed by atoms with van der Waals surface area (Å²) in [6, 6.07) is 7.75. The van der Waals surface area contributed by atoms with Crippen molar-refractivity contribution >= 4 is 39.1 Å². The largest absolute Gasteiger partial charge is 0.413 e. The Bertz CT molecular complexity index is 1040. The summed E-state index contributed by atoms with van der Waals surface area (Å²) in [5.74, 6) is -0.360. The van der Waals surface area contributed by atoms with Crippen molar-refractivity contribution in [3.8, 4) is 0 Å². The van der Waals surface area contributed by atoms with Crippen LogP contribution >= 0.6 is 15.9 Å². The molecule has 0 saturated heterocycles. The van der Waals surface area contributed by atoms with E-state index in [-0.39, 0.29) is 18.0 Å². The zero-order valence-corrected chi connectivity index (χ0v) is 16.1. The van der Waals surface area contributed by atoms with E-state index < -0.39 is 6.09 Å². The second-order valence-corrected chi connectivity index (χ2v) is 6.74. The van der Waals surface area contributed by atoms with Crippen molar-refractivity contribution in [2.45, 2.75) is 13.0 Å². The third kappa shape index (κ3) is 4.59. The molecule has 1 amide bonds. The molecular weight excluding hydrogens is 416 g/mol. The number of amides is 1. The molecule has 0 spiro atoms. The first-order chi connectivity index (χ1) is 12.9. The molecule has 3 rings (SSSR count). The first-order valence-corrected chi connectivity index (χ1v) is 8.87. The predicted molar refractivity (Wildman–Crippen MR) is 103 cm³/mol. The Balaban J connectivity index is 1.52. The van der Waals surface area contributed by atoms with Crippen molar-refractivity contribution in [2.24, 2.45) is 7.05 Å². The van der Waals surface area contributed by atoms with Crippen LogP contribution in [0.2, 0.25) is 0 Å². The fraction of sp³-hybridized carbons (Fsp3) is 0.235. The fourth-order valence-electron chi connectivity index (χ4n) is 2.48. The number of alkyl carbamates (subject to hydrolysis) is 1. The van der Waals surface area contributed by atoms with Gasteiger partial charge in [0.15, 0.2) is 11.2 Å². The topological polar surface area (TPSA) is 115 Å². The molecule has 2 heterocycles. The summed E-state index contributed by atoms with van der Waals surface area (Å²) in [7, 11) is 1.68. The van der Waals surface area contributed by atoms with Crippen LogP contribution in [0.5, 0.6) is 0 Å². The standard InChI is InChI=1S/C17H17BrN6O3/c1-23-9-21-15-14(23)16(25)24(10-22-15)8-13(19)27-17(26)20-7-6-11-2-4-12(18)5-3-11/h2-5,9-10,19H,6-8H2,1H3,(H,20,26). The average molecular weight is 433 g/mol. The molecule has 140 valence electrons. The van der Waals surface area contributed by atoms with Crippen LogP contribution in [0, 0.1) is 5.41 Å². The summed E-state index contributed by atoms with van der Waals surface area (Å²) in [5, 5.41) is 10.4. The lowest BCUT2D eigenvalue weighted by atomic mass is 10.1. The number of halogens is 1. The van der Waals surface area contributed by atoms with Gasteiger partial charge in [0, 0.05) is 18.1 Å². The van der Waals surface area contributed by atoms with Crippen LogP contribution in [-0.4, -0.2) is 37.6 Å². The van der Waals surface area contributed by atoms with E-state index in [0.29, 0.717) is 24.1 Å². The molecule has 0 radical (unpaired) electrons. The quantitative estimate of drug-likeness (QED) is 0.471. The number of nitrogens with one attached hydrogen (secondary N) is 2. The lowest BCUT2D eigenvalue weighted by molar-refractivity contribution is 0.195. The lowest BCUT2D eigenvalue weighted by Gasteiger charge is -2.09. The first kappa shape index (κ1) is 18.8. The van der Waals surface area contributed by atoms with Crippen molar-refractivity contribution in [3.63, 3.8) is 0 Å². The van der Waals surface area contributed by atoms with Gasteiger partial charge in [-0.15, -0.1) is 0 Å². The van der Waals surface area contributed by atoms with E-state index in [0.717, 1.165) is 10.0 Å². The number of nitrogens with zero attached hydrogens (tertiary/aromatic N) is 4. The van der Waals surface area contributed by atoms with E-state index in [2.05, 4.69) is 31.2 Å². The minimum absolute atomic E-state index is 0.201. The van der Waals surface area contributed by atoms with Crippen LogP contribution in [-0.2, 0) is 24.8 Å². The van der Waals surface area contributed by atoms with Crippen LogP contribution in [0.15, 0.2) is 46.2 Å². The molecule has 0 fully saturated rings. The van der Waals surface area contributed by atoms with Gasteiger partial charge in [0.2, 0.25) is 5.90 Å². The Hall–Kier alpha value is -3.01. The lowest BCUT2D eigenvalue weighted by Crippen LogP contribution is -2.32. The van der Waals surface area contributed by atoms with E-state index in [1.807, 2.05) is 24.3 Å². The highest BCUT2D eigenvalue weighted by Crippen LogP contribution is 2.10. The highest BCUT2D eigenvalue weighted by Gasteiger charge is 2.12. The summed E-state index contributed by atoms with van der Waals surface area (Å²) in [6.45, 7) is 0.170. The number of benzene rings is 1. The molecule has 0 aliphatic carbocycles. The van der Waals surface area contributed by atoms with Gasteiger partial charge in [0.25, 0.3) is 5.56 Å². The van der Waals surface area contributed by atoms with Crippen LogP contribution < -0.4 is 10.9 Å². The molecule has 0 unspecified atom stereocenters. The second kappa shape index (κ2) is 8.12. The smallest absolute Gasteiger partial charge is 0.394 e. The van der Waals surface area contributed by atoms with E-state index in [4.69, 9.17) is 10.1 Å². The summed E-state index contributed by atoms with van der Waals surface area (Å²) >= 11 is 3.36. The van der Waals surface area contributed by atoms with Gasteiger partial charge >= 0.3 is 6.09 Å².